The molecule has 0 radical (unpaired) electrons. The van der Waals surface area contributed by atoms with Crippen LogP contribution in [0.5, 0.6) is 0 Å². The molecule has 0 bridgehead atoms. The van der Waals surface area contributed by atoms with E-state index in [9.17, 15) is 4.39 Å². The van der Waals surface area contributed by atoms with E-state index in [2.05, 4.69) is 24.7 Å². The molecule has 0 aliphatic carbocycles. The van der Waals surface area contributed by atoms with Crippen molar-refractivity contribution in [2.45, 2.75) is 39.0 Å². The zero-order valence-corrected chi connectivity index (χ0v) is 11.2. The van der Waals surface area contributed by atoms with E-state index in [1.54, 1.807) is 0 Å². The van der Waals surface area contributed by atoms with E-state index in [-0.39, 0.29) is 19.1 Å². The molecule has 2 N–H and O–H groups in total. The van der Waals surface area contributed by atoms with Gasteiger partial charge in [-0.1, -0.05) is 19.6 Å². The highest BCUT2D eigenvalue weighted by Crippen LogP contribution is 2.09. The van der Waals surface area contributed by atoms with E-state index in [0.29, 0.717) is 12.3 Å². The molecule has 1 aromatic rings. The summed E-state index contributed by atoms with van der Waals surface area (Å²) in [5, 5.41) is 3.87. The molecular formula is C10H20FN3OSi. The lowest BCUT2D eigenvalue weighted by Gasteiger charge is -2.15. The van der Waals surface area contributed by atoms with Crippen LogP contribution in [-0.2, 0) is 18.0 Å². The SMILES string of the molecule is C[Si](C)(C)CCOCn1ncc(F)c1CN. The van der Waals surface area contributed by atoms with Gasteiger partial charge < -0.3 is 10.5 Å². The average molecular weight is 245 g/mol. The van der Waals surface area contributed by atoms with Crippen molar-refractivity contribution in [3.63, 3.8) is 0 Å². The van der Waals surface area contributed by atoms with Gasteiger partial charge in [0, 0.05) is 21.2 Å². The normalized spacial score (nSPS) is 12.1. The second-order valence-corrected chi connectivity index (χ2v) is 10.6. The van der Waals surface area contributed by atoms with Crippen molar-refractivity contribution in [1.82, 2.24) is 9.78 Å². The molecular weight excluding hydrogens is 225 g/mol. The number of nitrogens with zero attached hydrogens (tertiary/aromatic N) is 2. The minimum absolute atomic E-state index is 0.142. The monoisotopic (exact) mass is 245 g/mol. The topological polar surface area (TPSA) is 53.1 Å². The van der Waals surface area contributed by atoms with E-state index in [4.69, 9.17) is 10.5 Å². The zero-order chi connectivity index (χ0) is 12.2. The number of rotatable bonds is 6. The summed E-state index contributed by atoms with van der Waals surface area (Å²) in [6, 6.07) is 1.09. The fourth-order valence-electron chi connectivity index (χ4n) is 1.23. The predicted molar refractivity (Wildman–Crippen MR) is 64.2 cm³/mol. The van der Waals surface area contributed by atoms with Crippen molar-refractivity contribution in [2.24, 2.45) is 5.73 Å². The van der Waals surface area contributed by atoms with Gasteiger partial charge in [0.25, 0.3) is 0 Å². The first-order valence-corrected chi connectivity index (χ1v) is 9.13. The van der Waals surface area contributed by atoms with E-state index < -0.39 is 8.07 Å². The first-order valence-electron chi connectivity index (χ1n) is 5.42. The van der Waals surface area contributed by atoms with Crippen molar-refractivity contribution >= 4 is 8.07 Å². The Morgan fingerprint density at radius 2 is 2.19 bits per heavy atom. The lowest BCUT2D eigenvalue weighted by atomic mass is 10.4. The highest BCUT2D eigenvalue weighted by atomic mass is 28.3. The van der Waals surface area contributed by atoms with Gasteiger partial charge in [0.05, 0.1) is 11.9 Å². The Morgan fingerprint density at radius 1 is 1.50 bits per heavy atom. The molecule has 0 saturated heterocycles. The van der Waals surface area contributed by atoms with Crippen molar-refractivity contribution in [3.05, 3.63) is 17.7 Å². The van der Waals surface area contributed by atoms with Crippen LogP contribution >= 0.6 is 0 Å². The molecule has 0 saturated carbocycles. The number of aromatic nitrogens is 2. The van der Waals surface area contributed by atoms with Gasteiger partial charge in [0.1, 0.15) is 6.73 Å². The minimum atomic E-state index is -1.07. The summed E-state index contributed by atoms with van der Waals surface area (Å²) in [5.41, 5.74) is 5.82. The molecule has 0 amide bonds. The van der Waals surface area contributed by atoms with Gasteiger partial charge in [0.2, 0.25) is 0 Å². The molecule has 0 unspecified atom stereocenters. The van der Waals surface area contributed by atoms with Gasteiger partial charge in [-0.2, -0.15) is 5.10 Å². The largest absolute Gasteiger partial charge is 0.360 e. The summed E-state index contributed by atoms with van der Waals surface area (Å²) in [4.78, 5) is 0. The second kappa shape index (κ2) is 5.56. The molecule has 4 nitrogen and oxygen atoms in total. The molecule has 0 spiro atoms. The molecule has 0 aliphatic heterocycles. The molecule has 0 atom stereocenters. The smallest absolute Gasteiger partial charge is 0.165 e. The molecule has 1 heterocycles. The summed E-state index contributed by atoms with van der Waals surface area (Å²) >= 11 is 0. The Morgan fingerprint density at radius 3 is 2.75 bits per heavy atom. The van der Waals surface area contributed by atoms with Gasteiger partial charge in [-0.05, 0) is 6.04 Å². The van der Waals surface area contributed by atoms with Crippen LogP contribution in [0.3, 0.4) is 0 Å². The van der Waals surface area contributed by atoms with E-state index in [1.165, 1.54) is 10.9 Å². The first-order chi connectivity index (χ1) is 7.44. The van der Waals surface area contributed by atoms with Gasteiger partial charge in [-0.25, -0.2) is 9.07 Å². The third kappa shape index (κ3) is 4.03. The summed E-state index contributed by atoms with van der Waals surface area (Å²) in [7, 11) is -1.07. The number of hydrogen-bond acceptors (Lipinski definition) is 3. The molecule has 16 heavy (non-hydrogen) atoms. The number of ether oxygens (including phenoxy) is 1. The minimum Gasteiger partial charge on any atom is -0.360 e. The van der Waals surface area contributed by atoms with Gasteiger partial charge in [-0.15, -0.1) is 0 Å². The maximum absolute atomic E-state index is 13.1. The lowest BCUT2D eigenvalue weighted by molar-refractivity contribution is 0.0762. The van der Waals surface area contributed by atoms with Crippen molar-refractivity contribution in [2.75, 3.05) is 6.61 Å². The Balaban J connectivity index is 2.37. The van der Waals surface area contributed by atoms with E-state index in [1.807, 2.05) is 0 Å². The third-order valence-electron chi connectivity index (χ3n) is 2.30. The maximum Gasteiger partial charge on any atom is 0.165 e. The van der Waals surface area contributed by atoms with Crippen molar-refractivity contribution in [1.29, 1.82) is 0 Å². The fourth-order valence-corrected chi connectivity index (χ4v) is 1.99. The van der Waals surface area contributed by atoms with Crippen LogP contribution in [0.15, 0.2) is 6.20 Å². The predicted octanol–water partition coefficient (Wildman–Crippen LogP) is 1.79. The quantitative estimate of drug-likeness (QED) is 0.614. The van der Waals surface area contributed by atoms with Gasteiger partial charge in [0.15, 0.2) is 5.82 Å². The Bertz CT molecular complexity index is 335. The van der Waals surface area contributed by atoms with Gasteiger partial charge >= 0.3 is 0 Å². The molecule has 0 aliphatic rings. The van der Waals surface area contributed by atoms with Crippen LogP contribution < -0.4 is 5.73 Å². The summed E-state index contributed by atoms with van der Waals surface area (Å²) in [5.74, 6) is -0.365. The molecule has 1 rings (SSSR count). The summed E-state index contributed by atoms with van der Waals surface area (Å²) < 4.78 is 20.0. The summed E-state index contributed by atoms with van der Waals surface area (Å²) in [6.07, 6.45) is 1.17. The van der Waals surface area contributed by atoms with Crippen molar-refractivity contribution < 1.29 is 9.13 Å². The maximum atomic E-state index is 13.1. The van der Waals surface area contributed by atoms with Crippen LogP contribution in [0.25, 0.3) is 0 Å². The average Bonchev–Trinajstić information content (AvgIpc) is 2.52. The van der Waals surface area contributed by atoms with Crippen LogP contribution in [0.1, 0.15) is 5.69 Å². The van der Waals surface area contributed by atoms with E-state index >= 15 is 0 Å². The highest BCUT2D eigenvalue weighted by Gasteiger charge is 2.13. The Labute approximate surface area is 96.6 Å². The highest BCUT2D eigenvalue weighted by molar-refractivity contribution is 6.76. The molecule has 0 aromatic carbocycles. The molecule has 92 valence electrons. The number of hydrogen-bond donors (Lipinski definition) is 1. The van der Waals surface area contributed by atoms with Crippen LogP contribution in [0.4, 0.5) is 4.39 Å². The summed E-state index contributed by atoms with van der Waals surface area (Å²) in [6.45, 7) is 7.98. The van der Waals surface area contributed by atoms with E-state index in [0.717, 1.165) is 6.04 Å². The van der Waals surface area contributed by atoms with Crippen LogP contribution in [0, 0.1) is 5.82 Å². The lowest BCUT2D eigenvalue weighted by Crippen LogP contribution is -2.22. The molecule has 6 heteroatoms. The number of halogens is 1. The van der Waals surface area contributed by atoms with Gasteiger partial charge in [-0.3, -0.25) is 0 Å². The Kier molecular flexibility index (Phi) is 4.64. The number of nitrogens with two attached hydrogens (primary N) is 1. The fraction of sp³-hybridized carbons (Fsp3) is 0.700. The second-order valence-electron chi connectivity index (χ2n) is 4.99. The Hall–Kier alpha value is -0.723. The standard InChI is InChI=1S/C10H20FN3OSi/c1-16(2,3)5-4-15-8-14-10(6-12)9(11)7-13-14/h7H,4-6,8,12H2,1-3H3. The first kappa shape index (κ1) is 13.3. The van der Waals surface area contributed by atoms with Crippen molar-refractivity contribution in [3.8, 4) is 0 Å². The third-order valence-corrected chi connectivity index (χ3v) is 4.01. The van der Waals surface area contributed by atoms with Crippen LogP contribution in [0.2, 0.25) is 25.7 Å². The molecule has 0 fully saturated rings. The molecule has 1 aromatic heterocycles. The zero-order valence-electron chi connectivity index (χ0n) is 10.2. The van der Waals surface area contributed by atoms with Crippen LogP contribution in [-0.4, -0.2) is 24.5 Å².